The summed E-state index contributed by atoms with van der Waals surface area (Å²) in [5.74, 6) is 0.596. The molecule has 18 heavy (non-hydrogen) atoms. The molecule has 98 valence electrons. The van der Waals surface area contributed by atoms with E-state index in [9.17, 15) is 9.90 Å². The van der Waals surface area contributed by atoms with Crippen LogP contribution in [0.5, 0.6) is 0 Å². The number of nitrogens with zero attached hydrogens (tertiary/aromatic N) is 2. The van der Waals surface area contributed by atoms with E-state index in [4.69, 9.17) is 4.52 Å². The lowest BCUT2D eigenvalue weighted by molar-refractivity contribution is -0.143. The van der Waals surface area contributed by atoms with Crippen LogP contribution in [-0.4, -0.2) is 33.2 Å². The Morgan fingerprint density at radius 2 is 2.33 bits per heavy atom. The molecule has 2 fully saturated rings. The van der Waals surface area contributed by atoms with Crippen molar-refractivity contribution in [3.8, 4) is 0 Å². The van der Waals surface area contributed by atoms with E-state index in [0.717, 1.165) is 18.6 Å². The summed E-state index contributed by atoms with van der Waals surface area (Å²) in [6, 6.07) is 1.86. The first-order valence-corrected chi connectivity index (χ1v) is 6.64. The maximum Gasteiger partial charge on any atom is 0.320 e. The summed E-state index contributed by atoms with van der Waals surface area (Å²) in [6.45, 7) is 0.568. The Hall–Kier alpha value is -1.36. The Bertz CT molecular complexity index is 418. The molecule has 0 bridgehead atoms. The van der Waals surface area contributed by atoms with E-state index in [2.05, 4.69) is 10.1 Å². The van der Waals surface area contributed by atoms with Gasteiger partial charge in [0.15, 0.2) is 5.76 Å². The third-order valence-electron chi connectivity index (χ3n) is 4.34. The van der Waals surface area contributed by atoms with E-state index >= 15 is 0 Å². The summed E-state index contributed by atoms with van der Waals surface area (Å²) in [5, 5.41) is 13.1. The minimum Gasteiger partial charge on any atom is -0.480 e. The van der Waals surface area contributed by atoms with E-state index in [1.54, 1.807) is 6.20 Å². The molecule has 1 aromatic heterocycles. The summed E-state index contributed by atoms with van der Waals surface area (Å²) >= 11 is 0. The van der Waals surface area contributed by atoms with Crippen LogP contribution < -0.4 is 0 Å². The maximum absolute atomic E-state index is 11.4. The van der Waals surface area contributed by atoms with Crippen LogP contribution in [0.15, 0.2) is 16.8 Å². The molecule has 1 aliphatic heterocycles. The molecular weight excluding hydrogens is 232 g/mol. The van der Waals surface area contributed by atoms with Crippen molar-refractivity contribution in [3.63, 3.8) is 0 Å². The van der Waals surface area contributed by atoms with E-state index in [1.807, 2.05) is 6.07 Å². The van der Waals surface area contributed by atoms with Crippen molar-refractivity contribution in [2.24, 2.45) is 5.92 Å². The highest BCUT2D eigenvalue weighted by molar-refractivity contribution is 5.74. The van der Waals surface area contributed by atoms with Crippen LogP contribution in [0, 0.1) is 5.92 Å². The van der Waals surface area contributed by atoms with Gasteiger partial charge in [0.25, 0.3) is 0 Å². The molecule has 3 atom stereocenters. The fourth-order valence-electron chi connectivity index (χ4n) is 3.53. The van der Waals surface area contributed by atoms with Gasteiger partial charge in [-0.05, 0) is 25.2 Å². The molecule has 3 unspecified atom stereocenters. The Morgan fingerprint density at radius 3 is 3.06 bits per heavy atom. The second-order valence-corrected chi connectivity index (χ2v) is 5.35. The quantitative estimate of drug-likeness (QED) is 0.887. The molecule has 3 rings (SSSR count). The molecule has 5 nitrogen and oxygen atoms in total. The lowest BCUT2D eigenvalue weighted by Gasteiger charge is -2.32. The number of carboxylic acid groups (broad SMARTS) is 1. The summed E-state index contributed by atoms with van der Waals surface area (Å²) in [6.07, 6.45) is 7.13. The lowest BCUT2D eigenvalue weighted by Crippen LogP contribution is -2.41. The molecule has 0 radical (unpaired) electrons. The number of hydrogen-bond donors (Lipinski definition) is 1. The SMILES string of the molecule is O=C(O)C1CC2CCCCC2N1Cc1ccno1. The van der Waals surface area contributed by atoms with E-state index in [-0.39, 0.29) is 6.04 Å². The van der Waals surface area contributed by atoms with Crippen molar-refractivity contribution in [2.45, 2.75) is 50.7 Å². The minimum atomic E-state index is -0.705. The number of carbonyl (C=O) groups is 1. The van der Waals surface area contributed by atoms with Gasteiger partial charge in [-0.15, -0.1) is 0 Å². The summed E-state index contributed by atoms with van der Waals surface area (Å²) in [5.41, 5.74) is 0. The van der Waals surface area contributed by atoms with Crippen LogP contribution in [0.1, 0.15) is 37.9 Å². The van der Waals surface area contributed by atoms with Gasteiger partial charge in [-0.1, -0.05) is 18.0 Å². The zero-order valence-corrected chi connectivity index (χ0v) is 10.3. The van der Waals surface area contributed by atoms with Gasteiger partial charge < -0.3 is 9.63 Å². The van der Waals surface area contributed by atoms with Crippen LogP contribution in [-0.2, 0) is 11.3 Å². The largest absolute Gasteiger partial charge is 0.480 e. The first-order chi connectivity index (χ1) is 8.75. The van der Waals surface area contributed by atoms with Gasteiger partial charge in [-0.25, -0.2) is 0 Å². The van der Waals surface area contributed by atoms with Crippen LogP contribution >= 0.6 is 0 Å². The molecule has 1 saturated heterocycles. The monoisotopic (exact) mass is 250 g/mol. The first kappa shape index (κ1) is 11.7. The molecule has 1 saturated carbocycles. The van der Waals surface area contributed by atoms with Crippen molar-refractivity contribution < 1.29 is 14.4 Å². The first-order valence-electron chi connectivity index (χ1n) is 6.64. The molecule has 0 spiro atoms. The van der Waals surface area contributed by atoms with E-state index in [1.165, 1.54) is 19.3 Å². The zero-order valence-electron chi connectivity index (χ0n) is 10.3. The van der Waals surface area contributed by atoms with E-state index < -0.39 is 5.97 Å². The predicted octanol–water partition coefficient (Wildman–Crippen LogP) is 1.89. The molecule has 0 aromatic carbocycles. The fraction of sp³-hybridized carbons (Fsp3) is 0.692. The van der Waals surface area contributed by atoms with Crippen molar-refractivity contribution >= 4 is 5.97 Å². The third-order valence-corrected chi connectivity index (χ3v) is 4.34. The summed E-state index contributed by atoms with van der Waals surface area (Å²) < 4.78 is 5.12. The van der Waals surface area contributed by atoms with Crippen molar-refractivity contribution in [1.82, 2.24) is 10.1 Å². The molecule has 1 aliphatic carbocycles. The number of fused-ring (bicyclic) bond motifs is 1. The van der Waals surface area contributed by atoms with Gasteiger partial charge in [0, 0.05) is 12.1 Å². The molecule has 0 amide bonds. The Labute approximate surface area is 106 Å². The summed E-state index contributed by atoms with van der Waals surface area (Å²) in [4.78, 5) is 13.5. The number of carboxylic acids is 1. The average Bonchev–Trinajstić information content (AvgIpc) is 2.98. The normalized spacial score (nSPS) is 32.3. The smallest absolute Gasteiger partial charge is 0.320 e. The molecule has 2 aliphatic rings. The second-order valence-electron chi connectivity index (χ2n) is 5.35. The Morgan fingerprint density at radius 1 is 1.50 bits per heavy atom. The van der Waals surface area contributed by atoms with Crippen molar-refractivity contribution in [2.75, 3.05) is 0 Å². The number of hydrogen-bond acceptors (Lipinski definition) is 4. The Balaban J connectivity index is 1.80. The number of likely N-dealkylation sites (tertiary alicyclic amines) is 1. The lowest BCUT2D eigenvalue weighted by atomic mass is 9.85. The van der Waals surface area contributed by atoms with E-state index in [0.29, 0.717) is 18.5 Å². The van der Waals surface area contributed by atoms with Crippen molar-refractivity contribution in [1.29, 1.82) is 0 Å². The standard InChI is InChI=1S/C13H18N2O3/c16-13(17)12-7-9-3-1-2-4-11(9)15(12)8-10-5-6-14-18-10/h5-6,9,11-12H,1-4,7-8H2,(H,16,17). The molecular formula is C13H18N2O3. The highest BCUT2D eigenvalue weighted by Gasteiger charge is 2.45. The number of aromatic nitrogens is 1. The third kappa shape index (κ3) is 2.03. The highest BCUT2D eigenvalue weighted by Crippen LogP contribution is 2.40. The molecule has 5 heteroatoms. The van der Waals surface area contributed by atoms with Gasteiger partial charge >= 0.3 is 5.97 Å². The van der Waals surface area contributed by atoms with Crippen LogP contribution in [0.4, 0.5) is 0 Å². The van der Waals surface area contributed by atoms with Gasteiger partial charge in [0.1, 0.15) is 6.04 Å². The molecule has 1 aromatic rings. The van der Waals surface area contributed by atoms with Crippen molar-refractivity contribution in [3.05, 3.63) is 18.0 Å². The highest BCUT2D eigenvalue weighted by atomic mass is 16.5. The summed E-state index contributed by atoms with van der Waals surface area (Å²) in [7, 11) is 0. The second kappa shape index (κ2) is 4.72. The van der Waals surface area contributed by atoms with Crippen LogP contribution in [0.25, 0.3) is 0 Å². The van der Waals surface area contributed by atoms with Gasteiger partial charge in [-0.3, -0.25) is 9.69 Å². The minimum absolute atomic E-state index is 0.358. The zero-order chi connectivity index (χ0) is 12.5. The number of rotatable bonds is 3. The van der Waals surface area contributed by atoms with Gasteiger partial charge in [0.05, 0.1) is 12.7 Å². The molecule has 1 N–H and O–H groups in total. The van der Waals surface area contributed by atoms with Gasteiger partial charge in [-0.2, -0.15) is 0 Å². The predicted molar refractivity (Wildman–Crippen MR) is 63.8 cm³/mol. The van der Waals surface area contributed by atoms with Crippen LogP contribution in [0.3, 0.4) is 0 Å². The van der Waals surface area contributed by atoms with Crippen LogP contribution in [0.2, 0.25) is 0 Å². The maximum atomic E-state index is 11.4. The average molecular weight is 250 g/mol. The Kier molecular flexibility index (Phi) is 3.07. The van der Waals surface area contributed by atoms with Gasteiger partial charge in [0.2, 0.25) is 0 Å². The fourth-order valence-corrected chi connectivity index (χ4v) is 3.53. The number of aliphatic carboxylic acids is 1. The topological polar surface area (TPSA) is 66.6 Å². The molecule has 2 heterocycles.